The van der Waals surface area contributed by atoms with E-state index in [0.29, 0.717) is 12.4 Å². The van der Waals surface area contributed by atoms with E-state index in [4.69, 9.17) is 5.14 Å². The molecule has 7 nitrogen and oxygen atoms in total. The highest BCUT2D eigenvalue weighted by molar-refractivity contribution is 7.89. The second-order valence-corrected chi connectivity index (χ2v) is 6.19. The van der Waals surface area contributed by atoms with Crippen LogP contribution >= 0.6 is 0 Å². The van der Waals surface area contributed by atoms with Gasteiger partial charge in [-0.05, 0) is 26.8 Å². The number of nitrogens with two attached hydrogens (primary N) is 1. The Morgan fingerprint density at radius 3 is 2.58 bits per heavy atom. The van der Waals surface area contributed by atoms with Gasteiger partial charge in [0.1, 0.15) is 5.82 Å². The van der Waals surface area contributed by atoms with Gasteiger partial charge in [0.2, 0.25) is 0 Å². The fourth-order valence-electron chi connectivity index (χ4n) is 1.70. The molecule has 2 aromatic rings. The van der Waals surface area contributed by atoms with Crippen LogP contribution in [0.5, 0.6) is 0 Å². The minimum absolute atomic E-state index is 0.117. The van der Waals surface area contributed by atoms with Gasteiger partial charge in [-0.3, -0.25) is 4.68 Å². The zero-order valence-electron chi connectivity index (χ0n) is 11.1. The third-order valence-electron chi connectivity index (χ3n) is 2.77. The molecule has 0 fully saturated rings. The molecule has 0 atom stereocenters. The van der Waals surface area contributed by atoms with Gasteiger partial charge in [-0.2, -0.15) is 5.10 Å². The molecule has 0 spiro atoms. The molecule has 0 unspecified atom stereocenters. The Kier molecular flexibility index (Phi) is 3.46. The van der Waals surface area contributed by atoms with Crippen molar-refractivity contribution in [3.05, 3.63) is 30.0 Å². The molecular weight excluding hydrogens is 266 g/mol. The fourth-order valence-corrected chi connectivity index (χ4v) is 2.23. The number of nitrogens with zero attached hydrogens (tertiary/aromatic N) is 4. The highest BCUT2D eigenvalue weighted by atomic mass is 32.2. The zero-order chi connectivity index (χ0) is 14.2. The standard InChI is InChI=1S/C11H17N5O2S/c1-8(2)16-5-4-10(14-16)6-15-7-11(13-9(15)3)19(12,17)18/h4-5,7-8H,6H2,1-3H3,(H2,12,17,18). The lowest BCUT2D eigenvalue weighted by Gasteiger charge is -2.04. The molecule has 0 aliphatic heterocycles. The van der Waals surface area contributed by atoms with Crippen molar-refractivity contribution in [3.8, 4) is 0 Å². The van der Waals surface area contributed by atoms with Crippen LogP contribution in [0.15, 0.2) is 23.5 Å². The van der Waals surface area contributed by atoms with Crippen molar-refractivity contribution in [2.45, 2.75) is 38.4 Å². The fraction of sp³-hybridized carbons (Fsp3) is 0.455. The molecule has 0 aliphatic carbocycles. The maximum atomic E-state index is 11.2. The van der Waals surface area contributed by atoms with Crippen molar-refractivity contribution in [2.75, 3.05) is 0 Å². The summed E-state index contributed by atoms with van der Waals surface area (Å²) in [6.07, 6.45) is 3.33. The summed E-state index contributed by atoms with van der Waals surface area (Å²) in [7, 11) is -3.76. The Balaban J connectivity index is 2.26. The van der Waals surface area contributed by atoms with Crippen LogP contribution in [-0.2, 0) is 16.6 Å². The molecule has 0 amide bonds. The lowest BCUT2D eigenvalue weighted by molar-refractivity contribution is 0.523. The highest BCUT2D eigenvalue weighted by Gasteiger charge is 2.15. The SMILES string of the molecule is Cc1nc(S(N)(=O)=O)cn1Cc1ccn(C(C)C)n1. The first-order valence-electron chi connectivity index (χ1n) is 5.88. The average molecular weight is 283 g/mol. The van der Waals surface area contributed by atoms with E-state index in [0.717, 1.165) is 5.69 Å². The van der Waals surface area contributed by atoms with Crippen LogP contribution in [0.1, 0.15) is 31.4 Å². The predicted molar refractivity (Wildman–Crippen MR) is 70.1 cm³/mol. The maximum Gasteiger partial charge on any atom is 0.257 e. The third-order valence-corrected chi connectivity index (χ3v) is 3.55. The normalized spacial score (nSPS) is 12.3. The van der Waals surface area contributed by atoms with Gasteiger partial charge in [0.15, 0.2) is 5.03 Å². The minimum Gasteiger partial charge on any atom is -0.328 e. The van der Waals surface area contributed by atoms with Gasteiger partial charge in [-0.25, -0.2) is 18.5 Å². The molecule has 0 saturated heterocycles. The molecule has 0 radical (unpaired) electrons. The molecule has 104 valence electrons. The second-order valence-electron chi connectivity index (χ2n) is 4.68. The van der Waals surface area contributed by atoms with Gasteiger partial charge in [0, 0.05) is 18.4 Å². The Morgan fingerprint density at radius 2 is 2.11 bits per heavy atom. The number of primary sulfonamides is 1. The molecule has 0 bridgehead atoms. The van der Waals surface area contributed by atoms with Gasteiger partial charge < -0.3 is 4.57 Å². The topological polar surface area (TPSA) is 95.8 Å². The predicted octanol–water partition coefficient (Wildman–Crippen LogP) is 0.665. The molecule has 8 heteroatoms. The minimum atomic E-state index is -3.76. The van der Waals surface area contributed by atoms with Crippen LogP contribution in [-0.4, -0.2) is 27.7 Å². The summed E-state index contributed by atoms with van der Waals surface area (Å²) in [5.74, 6) is 0.586. The van der Waals surface area contributed by atoms with E-state index < -0.39 is 10.0 Å². The average Bonchev–Trinajstić information content (AvgIpc) is 2.86. The first kappa shape index (κ1) is 13.8. The summed E-state index contributed by atoms with van der Waals surface area (Å²) in [6.45, 7) is 6.28. The summed E-state index contributed by atoms with van der Waals surface area (Å²) in [4.78, 5) is 3.94. The van der Waals surface area contributed by atoms with Gasteiger partial charge >= 0.3 is 0 Å². The quantitative estimate of drug-likeness (QED) is 0.891. The van der Waals surface area contributed by atoms with E-state index in [1.165, 1.54) is 6.20 Å². The monoisotopic (exact) mass is 283 g/mol. The summed E-state index contributed by atoms with van der Waals surface area (Å²) >= 11 is 0. The van der Waals surface area contributed by atoms with Crippen LogP contribution in [0.3, 0.4) is 0 Å². The second kappa shape index (κ2) is 4.78. The van der Waals surface area contributed by atoms with Crippen molar-refractivity contribution >= 4 is 10.0 Å². The summed E-state index contributed by atoms with van der Waals surface area (Å²) < 4.78 is 26.0. The van der Waals surface area contributed by atoms with Gasteiger partial charge in [0.25, 0.3) is 10.0 Å². The van der Waals surface area contributed by atoms with Gasteiger partial charge in [-0.15, -0.1) is 0 Å². The third kappa shape index (κ3) is 3.02. The molecule has 2 aromatic heterocycles. The van der Waals surface area contributed by atoms with Crippen LogP contribution in [0.2, 0.25) is 0 Å². The number of imidazole rings is 1. The molecule has 0 aromatic carbocycles. The molecule has 0 aliphatic rings. The van der Waals surface area contributed by atoms with Crippen molar-refractivity contribution in [1.29, 1.82) is 0 Å². The summed E-state index contributed by atoms with van der Waals surface area (Å²) in [6, 6.07) is 2.19. The van der Waals surface area contributed by atoms with Gasteiger partial charge in [0.05, 0.1) is 12.2 Å². The van der Waals surface area contributed by atoms with Crippen molar-refractivity contribution in [2.24, 2.45) is 5.14 Å². The van der Waals surface area contributed by atoms with E-state index in [-0.39, 0.29) is 11.1 Å². The Labute approximate surface area is 112 Å². The van der Waals surface area contributed by atoms with E-state index in [1.807, 2.05) is 30.8 Å². The smallest absolute Gasteiger partial charge is 0.257 e. The highest BCUT2D eigenvalue weighted by Crippen LogP contribution is 2.11. The van der Waals surface area contributed by atoms with Crippen molar-refractivity contribution in [1.82, 2.24) is 19.3 Å². The number of rotatable bonds is 4. The molecule has 2 heterocycles. The molecule has 19 heavy (non-hydrogen) atoms. The van der Waals surface area contributed by atoms with E-state index in [9.17, 15) is 8.42 Å². The van der Waals surface area contributed by atoms with Crippen molar-refractivity contribution < 1.29 is 8.42 Å². The Hall–Kier alpha value is -1.67. The summed E-state index contributed by atoms with van der Waals surface area (Å²) in [5, 5.41) is 9.34. The van der Waals surface area contributed by atoms with E-state index >= 15 is 0 Å². The molecule has 2 N–H and O–H groups in total. The van der Waals surface area contributed by atoms with Crippen molar-refractivity contribution in [3.63, 3.8) is 0 Å². The lowest BCUT2D eigenvalue weighted by atomic mass is 10.4. The number of hydrogen-bond acceptors (Lipinski definition) is 4. The molecular formula is C11H17N5O2S. The van der Waals surface area contributed by atoms with Crippen LogP contribution < -0.4 is 5.14 Å². The van der Waals surface area contributed by atoms with E-state index in [1.54, 1.807) is 11.5 Å². The summed E-state index contributed by atoms with van der Waals surface area (Å²) in [5.41, 5.74) is 0.843. The number of aryl methyl sites for hydroxylation is 1. The van der Waals surface area contributed by atoms with Crippen LogP contribution in [0.25, 0.3) is 0 Å². The zero-order valence-corrected chi connectivity index (χ0v) is 11.9. The Bertz CT molecular complexity index is 684. The first-order valence-corrected chi connectivity index (χ1v) is 7.42. The number of sulfonamides is 1. The maximum absolute atomic E-state index is 11.2. The number of hydrogen-bond donors (Lipinski definition) is 1. The van der Waals surface area contributed by atoms with E-state index in [2.05, 4.69) is 10.1 Å². The Morgan fingerprint density at radius 1 is 1.42 bits per heavy atom. The number of aromatic nitrogens is 4. The van der Waals surface area contributed by atoms with Crippen LogP contribution in [0.4, 0.5) is 0 Å². The van der Waals surface area contributed by atoms with Gasteiger partial charge in [-0.1, -0.05) is 0 Å². The van der Waals surface area contributed by atoms with Crippen LogP contribution in [0, 0.1) is 6.92 Å². The largest absolute Gasteiger partial charge is 0.328 e. The molecule has 0 saturated carbocycles. The lowest BCUT2D eigenvalue weighted by Crippen LogP contribution is -2.12. The molecule has 2 rings (SSSR count). The first-order chi connectivity index (χ1) is 8.77.